The van der Waals surface area contributed by atoms with Crippen molar-refractivity contribution in [1.82, 2.24) is 0 Å². The number of halogens is 6. The van der Waals surface area contributed by atoms with Gasteiger partial charge in [0.15, 0.2) is 0 Å². The maximum Gasteiger partial charge on any atom is 0.416 e. The predicted octanol–water partition coefficient (Wildman–Crippen LogP) is 5.03. The van der Waals surface area contributed by atoms with E-state index in [1.165, 1.54) is 25.3 Å². The van der Waals surface area contributed by atoms with Crippen LogP contribution in [0.25, 0.3) is 0 Å². The molecule has 4 nitrogen and oxygen atoms in total. The van der Waals surface area contributed by atoms with Crippen molar-refractivity contribution in [2.45, 2.75) is 12.4 Å². The third-order valence-corrected chi connectivity index (χ3v) is 3.58. The highest BCUT2D eigenvalue weighted by Crippen LogP contribution is 2.37. The molecule has 0 atom stereocenters. The maximum atomic E-state index is 12.9. The fourth-order valence-corrected chi connectivity index (χ4v) is 2.27. The van der Waals surface area contributed by atoms with Gasteiger partial charge in [-0.25, -0.2) is 0 Å². The second kappa shape index (κ2) is 7.37. The molecule has 0 aliphatic carbocycles. The number of amides is 1. The van der Waals surface area contributed by atoms with Crippen molar-refractivity contribution < 1.29 is 35.9 Å². The first-order valence-electron chi connectivity index (χ1n) is 7.42. The van der Waals surface area contributed by atoms with Gasteiger partial charge in [0.05, 0.1) is 23.9 Å². The zero-order valence-electron chi connectivity index (χ0n) is 14.0. The predicted molar refractivity (Wildman–Crippen MR) is 86.9 cm³/mol. The average molecular weight is 392 g/mol. The van der Waals surface area contributed by atoms with Gasteiger partial charge in [-0.05, 0) is 36.4 Å². The molecule has 0 unspecified atom stereocenters. The van der Waals surface area contributed by atoms with Crippen molar-refractivity contribution in [2.24, 2.45) is 0 Å². The van der Waals surface area contributed by atoms with Gasteiger partial charge in [-0.1, -0.05) is 0 Å². The molecule has 0 aromatic heterocycles. The Balaban J connectivity index is 2.40. The number of benzene rings is 2. The molecule has 0 aliphatic heterocycles. The molecule has 2 aromatic rings. The van der Waals surface area contributed by atoms with Crippen LogP contribution in [-0.2, 0) is 12.4 Å². The highest BCUT2D eigenvalue weighted by molar-refractivity contribution is 6.05. The minimum atomic E-state index is -5.00. The van der Waals surface area contributed by atoms with Gasteiger partial charge in [0.25, 0.3) is 5.91 Å². The van der Waals surface area contributed by atoms with Crippen LogP contribution in [0.5, 0.6) is 5.75 Å². The first kappa shape index (κ1) is 20.4. The highest BCUT2D eigenvalue weighted by Gasteiger charge is 2.37. The molecule has 0 saturated heterocycles. The second-order valence-corrected chi connectivity index (χ2v) is 5.41. The maximum absolute atomic E-state index is 12.9. The Morgan fingerprint density at radius 1 is 0.926 bits per heavy atom. The highest BCUT2D eigenvalue weighted by atomic mass is 19.4. The Labute approximate surface area is 150 Å². The Hall–Kier alpha value is -2.91. The lowest BCUT2D eigenvalue weighted by atomic mass is 10.1. The summed E-state index contributed by atoms with van der Waals surface area (Å²) in [5.41, 5.74) is -3.21. The fourth-order valence-electron chi connectivity index (χ4n) is 2.27. The van der Waals surface area contributed by atoms with Gasteiger partial charge in [0, 0.05) is 18.3 Å². The summed E-state index contributed by atoms with van der Waals surface area (Å²) in [6, 6.07) is 4.99. The van der Waals surface area contributed by atoms with Crippen molar-refractivity contribution in [3.05, 3.63) is 53.1 Å². The Bertz CT molecular complexity index is 814. The number of alkyl halides is 6. The summed E-state index contributed by atoms with van der Waals surface area (Å²) in [4.78, 5) is 12.3. The quantitative estimate of drug-likeness (QED) is 0.718. The van der Waals surface area contributed by atoms with E-state index in [1.54, 1.807) is 7.05 Å². The van der Waals surface area contributed by atoms with Crippen molar-refractivity contribution in [2.75, 3.05) is 24.8 Å². The van der Waals surface area contributed by atoms with E-state index in [4.69, 9.17) is 4.74 Å². The summed E-state index contributed by atoms with van der Waals surface area (Å²) in [6.45, 7) is 0. The van der Waals surface area contributed by atoms with Crippen LogP contribution in [0.15, 0.2) is 36.4 Å². The SMILES string of the molecule is CNc1cc(C(=O)Nc2cc(C(F)(F)F)cc(C(F)(F)F)c2)ccc1OC. The van der Waals surface area contributed by atoms with Crippen LogP contribution in [-0.4, -0.2) is 20.1 Å². The Morgan fingerprint density at radius 3 is 1.93 bits per heavy atom. The van der Waals surface area contributed by atoms with Crippen LogP contribution in [0.3, 0.4) is 0 Å². The molecule has 1 amide bonds. The van der Waals surface area contributed by atoms with Crippen molar-refractivity contribution in [3.63, 3.8) is 0 Å². The Morgan fingerprint density at radius 2 is 1.48 bits per heavy atom. The lowest BCUT2D eigenvalue weighted by Crippen LogP contribution is -2.16. The molecule has 0 saturated carbocycles. The van der Waals surface area contributed by atoms with Gasteiger partial charge in [-0.15, -0.1) is 0 Å². The number of anilines is 2. The number of methoxy groups -OCH3 is 1. The van der Waals surface area contributed by atoms with E-state index >= 15 is 0 Å². The second-order valence-electron chi connectivity index (χ2n) is 5.41. The van der Waals surface area contributed by atoms with Crippen LogP contribution >= 0.6 is 0 Å². The molecule has 2 N–H and O–H groups in total. The third-order valence-electron chi connectivity index (χ3n) is 3.58. The number of hydrogen-bond donors (Lipinski definition) is 2. The summed E-state index contributed by atoms with van der Waals surface area (Å²) in [6.07, 6.45) is -10.00. The van der Waals surface area contributed by atoms with Crippen LogP contribution < -0.4 is 15.4 Å². The minimum absolute atomic E-state index is 0.0118. The first-order valence-corrected chi connectivity index (χ1v) is 7.42. The third kappa shape index (κ3) is 4.83. The van der Waals surface area contributed by atoms with E-state index in [1.807, 2.05) is 0 Å². The van der Waals surface area contributed by atoms with Gasteiger partial charge < -0.3 is 15.4 Å². The van der Waals surface area contributed by atoms with E-state index in [9.17, 15) is 31.1 Å². The fraction of sp³-hybridized carbons (Fsp3) is 0.235. The molecular weight excluding hydrogens is 378 g/mol. The van der Waals surface area contributed by atoms with Gasteiger partial charge in [-0.3, -0.25) is 4.79 Å². The largest absolute Gasteiger partial charge is 0.495 e. The number of nitrogens with one attached hydrogen (secondary N) is 2. The molecular formula is C17H14F6N2O2. The summed E-state index contributed by atoms with van der Waals surface area (Å²) < 4.78 is 82.3. The minimum Gasteiger partial charge on any atom is -0.495 e. The molecule has 27 heavy (non-hydrogen) atoms. The number of carbonyl (C=O) groups is 1. The zero-order valence-corrected chi connectivity index (χ0v) is 14.0. The van der Waals surface area contributed by atoms with E-state index in [2.05, 4.69) is 10.6 Å². The number of carbonyl (C=O) groups excluding carboxylic acids is 1. The topological polar surface area (TPSA) is 50.4 Å². The van der Waals surface area contributed by atoms with Crippen LogP contribution in [0, 0.1) is 0 Å². The summed E-state index contributed by atoms with van der Waals surface area (Å²) >= 11 is 0. The van der Waals surface area contributed by atoms with Crippen molar-refractivity contribution >= 4 is 17.3 Å². The number of rotatable bonds is 4. The zero-order chi connectivity index (χ0) is 20.4. The first-order chi connectivity index (χ1) is 12.5. The van der Waals surface area contributed by atoms with E-state index in [0.29, 0.717) is 23.6 Å². The van der Waals surface area contributed by atoms with Gasteiger partial charge >= 0.3 is 12.4 Å². The smallest absolute Gasteiger partial charge is 0.416 e. The average Bonchev–Trinajstić information content (AvgIpc) is 2.59. The normalized spacial score (nSPS) is 11.9. The summed E-state index contributed by atoms with van der Waals surface area (Å²) in [5.74, 6) is -0.464. The van der Waals surface area contributed by atoms with Crippen LogP contribution in [0.2, 0.25) is 0 Å². The number of hydrogen-bond acceptors (Lipinski definition) is 3. The molecule has 2 aromatic carbocycles. The van der Waals surface area contributed by atoms with Gasteiger partial charge in [0.2, 0.25) is 0 Å². The van der Waals surface area contributed by atoms with Crippen molar-refractivity contribution in [3.8, 4) is 5.75 Å². The molecule has 2 rings (SSSR count). The standard InChI is InChI=1S/C17H14F6N2O2/c1-24-13-5-9(3-4-14(13)27-2)15(26)25-12-7-10(16(18,19)20)6-11(8-12)17(21,22)23/h3-8,24H,1-2H3,(H,25,26). The van der Waals surface area contributed by atoms with Crippen LogP contribution in [0.4, 0.5) is 37.7 Å². The van der Waals surface area contributed by atoms with Crippen LogP contribution in [0.1, 0.15) is 21.5 Å². The molecule has 0 fully saturated rings. The summed E-state index contributed by atoms with van der Waals surface area (Å²) in [7, 11) is 2.96. The summed E-state index contributed by atoms with van der Waals surface area (Å²) in [5, 5.41) is 4.83. The molecule has 0 aliphatic rings. The number of ether oxygens (including phenoxy) is 1. The molecule has 0 spiro atoms. The lowest BCUT2D eigenvalue weighted by molar-refractivity contribution is -0.143. The van der Waals surface area contributed by atoms with E-state index in [-0.39, 0.29) is 11.6 Å². The monoisotopic (exact) mass is 392 g/mol. The van der Waals surface area contributed by atoms with E-state index < -0.39 is 35.1 Å². The van der Waals surface area contributed by atoms with E-state index in [0.717, 1.165) is 0 Å². The molecule has 0 bridgehead atoms. The Kier molecular flexibility index (Phi) is 5.57. The lowest BCUT2D eigenvalue weighted by Gasteiger charge is -2.15. The van der Waals surface area contributed by atoms with Gasteiger partial charge in [-0.2, -0.15) is 26.3 Å². The molecule has 0 radical (unpaired) electrons. The molecule has 10 heteroatoms. The molecule has 146 valence electrons. The van der Waals surface area contributed by atoms with Crippen molar-refractivity contribution in [1.29, 1.82) is 0 Å². The molecule has 0 heterocycles. The van der Waals surface area contributed by atoms with Gasteiger partial charge in [0.1, 0.15) is 5.75 Å².